The molecule has 0 radical (unpaired) electrons. The topological polar surface area (TPSA) is 25.8 Å². The van der Waals surface area contributed by atoms with E-state index in [0.717, 1.165) is 62.4 Å². The molecule has 0 atom stereocenters. The molecule has 14 rings (SSSR count). The summed E-state index contributed by atoms with van der Waals surface area (Å²) in [6.07, 6.45) is 8.89. The summed E-state index contributed by atoms with van der Waals surface area (Å²) < 4.78 is 22.0. The summed E-state index contributed by atoms with van der Waals surface area (Å²) in [4.78, 5) is 5.17. The Bertz CT molecular complexity index is 4060. The smallest absolute Gasteiger partial charge is 0.114 e. The number of rotatable bonds is 12. The van der Waals surface area contributed by atoms with Gasteiger partial charge < -0.3 is 0 Å². The quantitative estimate of drug-likeness (QED) is 0.122. The zero-order chi connectivity index (χ0) is 46.1. The van der Waals surface area contributed by atoms with Crippen LogP contribution in [-0.2, 0) is 25.7 Å². The van der Waals surface area contributed by atoms with Crippen LogP contribution in [0.15, 0.2) is 94.3 Å². The second-order valence-corrected chi connectivity index (χ2v) is 26.8. The minimum atomic E-state index is 1.01. The number of fused-ring (bicyclic) bond motifs is 13. The molecule has 0 aliphatic heterocycles. The molecular formula is C58H44N2S9. The van der Waals surface area contributed by atoms with Gasteiger partial charge in [-0.15, -0.1) is 90.7 Å². The molecule has 340 valence electrons. The number of nitrogens with zero attached hydrogens (tertiary/aromatic N) is 2. The van der Waals surface area contributed by atoms with E-state index in [-0.39, 0.29) is 0 Å². The van der Waals surface area contributed by atoms with Gasteiger partial charge in [0.15, 0.2) is 0 Å². The first-order valence-corrected chi connectivity index (χ1v) is 31.6. The number of thiophene rings is 8. The zero-order valence-electron chi connectivity index (χ0n) is 38.5. The first kappa shape index (κ1) is 43.4. The van der Waals surface area contributed by atoms with Crippen molar-refractivity contribution >= 4 is 194 Å². The molecule has 5 aromatic carbocycles. The first-order chi connectivity index (χ1) is 34.0. The minimum absolute atomic E-state index is 1.01. The van der Waals surface area contributed by atoms with Crippen molar-refractivity contribution in [2.24, 2.45) is 0 Å². The monoisotopic (exact) mass is 1060 g/mol. The highest BCUT2D eigenvalue weighted by molar-refractivity contribution is 7.26. The van der Waals surface area contributed by atoms with Crippen LogP contribution in [0, 0.1) is 0 Å². The predicted molar refractivity (Wildman–Crippen MR) is 318 cm³/mol. The molecule has 14 aromatic rings. The minimum Gasteiger partial charge on any atom is -0.172 e. The SMILES string of the molecule is CCCc1c(CCC)c2sc(-c3c(-c4cc5c(s4)c(CCC)c(CCC)c4sccc45)c(-c4cc5c(ccc6sccc65)s4)c4nsnc4c3-c3cc4c(ccc5sccc54)s3)cc2c2ccsc12. The predicted octanol–water partition coefficient (Wildman–Crippen LogP) is 21.9. The molecule has 9 heterocycles. The Morgan fingerprint density at radius 2 is 0.696 bits per heavy atom. The fraction of sp³-hybridized carbons (Fsp3) is 0.207. The van der Waals surface area contributed by atoms with Crippen molar-refractivity contribution < 1.29 is 0 Å². The summed E-state index contributed by atoms with van der Waals surface area (Å²) in [7, 11) is 0. The molecule has 0 fully saturated rings. The summed E-state index contributed by atoms with van der Waals surface area (Å²) >= 11 is 16.8. The van der Waals surface area contributed by atoms with Crippen molar-refractivity contribution in [1.82, 2.24) is 8.75 Å². The van der Waals surface area contributed by atoms with E-state index in [4.69, 9.17) is 8.75 Å². The summed E-state index contributed by atoms with van der Waals surface area (Å²) in [5.41, 5.74) is 13.3. The molecule has 0 spiro atoms. The maximum atomic E-state index is 5.41. The van der Waals surface area contributed by atoms with Gasteiger partial charge in [0.2, 0.25) is 0 Å². The van der Waals surface area contributed by atoms with Gasteiger partial charge in [-0.05, 0) is 142 Å². The Morgan fingerprint density at radius 1 is 0.333 bits per heavy atom. The van der Waals surface area contributed by atoms with Gasteiger partial charge in [0, 0.05) is 122 Å². The first-order valence-electron chi connectivity index (χ1n) is 24.1. The van der Waals surface area contributed by atoms with Crippen LogP contribution >= 0.6 is 102 Å². The average Bonchev–Trinajstić information content (AvgIpc) is 4.21. The Morgan fingerprint density at radius 3 is 1.13 bits per heavy atom. The Kier molecular flexibility index (Phi) is 10.8. The lowest BCUT2D eigenvalue weighted by molar-refractivity contribution is 0.877. The van der Waals surface area contributed by atoms with Crippen LogP contribution in [0.3, 0.4) is 0 Å². The number of aromatic nitrogens is 2. The van der Waals surface area contributed by atoms with Crippen molar-refractivity contribution in [1.29, 1.82) is 0 Å². The Balaban J connectivity index is 1.19. The molecule has 0 unspecified atom stereocenters. The number of hydrogen-bond donors (Lipinski definition) is 0. The number of aryl methyl sites for hydroxylation is 4. The fourth-order valence-corrected chi connectivity index (χ4v) is 20.5. The molecule has 0 bridgehead atoms. The molecule has 0 amide bonds. The van der Waals surface area contributed by atoms with Crippen LogP contribution in [0.5, 0.6) is 0 Å². The average molecular weight is 1060 g/mol. The molecule has 2 nitrogen and oxygen atoms in total. The largest absolute Gasteiger partial charge is 0.172 e. The van der Waals surface area contributed by atoms with E-state index in [0.29, 0.717) is 0 Å². The molecule has 9 aromatic heterocycles. The van der Waals surface area contributed by atoms with Crippen LogP contribution in [-0.4, -0.2) is 8.75 Å². The van der Waals surface area contributed by atoms with Crippen LogP contribution in [0.25, 0.3) is 133 Å². The fourth-order valence-electron chi connectivity index (χ4n) is 11.3. The van der Waals surface area contributed by atoms with Crippen molar-refractivity contribution in [3.05, 3.63) is 117 Å². The van der Waals surface area contributed by atoms with E-state index in [1.807, 2.05) is 90.7 Å². The molecule has 0 saturated carbocycles. The van der Waals surface area contributed by atoms with Gasteiger partial charge in [-0.1, -0.05) is 53.4 Å². The van der Waals surface area contributed by atoms with Gasteiger partial charge in [-0.3, -0.25) is 0 Å². The van der Waals surface area contributed by atoms with Gasteiger partial charge in [-0.2, -0.15) is 8.75 Å². The van der Waals surface area contributed by atoms with Crippen molar-refractivity contribution in [2.45, 2.75) is 79.1 Å². The van der Waals surface area contributed by atoms with E-state index < -0.39 is 0 Å². The Hall–Kier alpha value is -4.40. The van der Waals surface area contributed by atoms with Gasteiger partial charge in [-0.25, -0.2) is 0 Å². The molecule has 0 aliphatic rings. The Labute approximate surface area is 436 Å². The van der Waals surface area contributed by atoms with Crippen LogP contribution < -0.4 is 0 Å². The van der Waals surface area contributed by atoms with E-state index >= 15 is 0 Å². The molecule has 0 aliphatic carbocycles. The maximum Gasteiger partial charge on any atom is 0.114 e. The summed E-state index contributed by atoms with van der Waals surface area (Å²) in [6.45, 7) is 9.39. The highest BCUT2D eigenvalue weighted by Crippen LogP contribution is 2.58. The lowest BCUT2D eigenvalue weighted by Crippen LogP contribution is -1.95. The standard InChI is InChI=1S/C58H44N2S9/c1-5-9-31-33(11-7-3)57-39(35-19-23-63-55(31)35)27-45(67-57)49-50(46-28-40-36-20-24-64-56(36)32(10-6-2)34(12-8-4)58(40)68-46)52(48-26-38-30-18-22-62-42(30)14-16-44(38)66-48)54-53(59-69-60-54)51(49)47-25-37-29-17-21-61-41(29)13-15-43(37)65-47/h13-28H,5-12H2,1-4H3. The second-order valence-electron chi connectivity index (χ2n) is 18.3. The third kappa shape index (κ3) is 6.57. The third-order valence-electron chi connectivity index (χ3n) is 14.2. The number of hydrogen-bond acceptors (Lipinski definition) is 11. The molecule has 11 heteroatoms. The molecule has 0 N–H and O–H groups in total. The third-order valence-corrected chi connectivity index (χ3v) is 23.1. The summed E-state index contributed by atoms with van der Waals surface area (Å²) in [5.74, 6) is 0. The highest BCUT2D eigenvalue weighted by atomic mass is 32.1. The van der Waals surface area contributed by atoms with Crippen LogP contribution in [0.2, 0.25) is 0 Å². The summed E-state index contributed by atoms with van der Waals surface area (Å²) in [6, 6.07) is 28.9. The van der Waals surface area contributed by atoms with E-state index in [1.54, 1.807) is 22.3 Å². The van der Waals surface area contributed by atoms with Gasteiger partial charge in [0.1, 0.15) is 11.0 Å². The van der Waals surface area contributed by atoms with Gasteiger partial charge >= 0.3 is 0 Å². The lowest BCUT2D eigenvalue weighted by Gasteiger charge is -2.18. The van der Waals surface area contributed by atoms with Gasteiger partial charge in [0.25, 0.3) is 0 Å². The zero-order valence-corrected chi connectivity index (χ0v) is 45.8. The van der Waals surface area contributed by atoms with Crippen molar-refractivity contribution in [3.8, 4) is 41.8 Å². The van der Waals surface area contributed by atoms with E-state index in [1.165, 1.54) is 134 Å². The number of benzene rings is 5. The highest BCUT2D eigenvalue weighted by Gasteiger charge is 2.32. The second kappa shape index (κ2) is 17.1. The molecule has 69 heavy (non-hydrogen) atoms. The lowest BCUT2D eigenvalue weighted by atomic mass is 9.89. The van der Waals surface area contributed by atoms with E-state index in [9.17, 15) is 0 Å². The maximum absolute atomic E-state index is 5.41. The normalized spacial score (nSPS) is 12.5. The van der Waals surface area contributed by atoms with Crippen molar-refractivity contribution in [3.63, 3.8) is 0 Å². The van der Waals surface area contributed by atoms with Crippen LogP contribution in [0.1, 0.15) is 75.6 Å². The molecule has 0 saturated heterocycles. The van der Waals surface area contributed by atoms with E-state index in [2.05, 4.69) is 122 Å². The summed E-state index contributed by atoms with van der Waals surface area (Å²) in [5, 5.41) is 20.1. The van der Waals surface area contributed by atoms with Gasteiger partial charge in [0.05, 0.1) is 11.7 Å². The van der Waals surface area contributed by atoms with Crippen LogP contribution in [0.4, 0.5) is 0 Å². The van der Waals surface area contributed by atoms with Crippen molar-refractivity contribution in [2.75, 3.05) is 0 Å². The molecular weight excluding hydrogens is 1010 g/mol.